The fraction of sp³-hybridized carbons (Fsp3) is 0.250. The highest BCUT2D eigenvalue weighted by Gasteiger charge is 2.13. The first-order valence-corrected chi connectivity index (χ1v) is 7.64. The van der Waals surface area contributed by atoms with Gasteiger partial charge in [0.15, 0.2) is 0 Å². The first kappa shape index (κ1) is 15.5. The Balaban J connectivity index is 2.14. The Morgan fingerprint density at radius 1 is 1.24 bits per heavy atom. The van der Waals surface area contributed by atoms with Crippen LogP contribution in [0, 0.1) is 10.1 Å². The van der Waals surface area contributed by atoms with Crippen LogP contribution in [-0.4, -0.2) is 11.0 Å². The van der Waals surface area contributed by atoms with Crippen molar-refractivity contribution in [3.05, 3.63) is 68.7 Å². The fourth-order valence-electron chi connectivity index (χ4n) is 2.15. The standard InChI is InChI=1S/C16H17BrN2O2/c1-2-13(10-12-6-4-3-5-7-12)18-16-11-14(19(20)21)8-9-15(16)17/h3-9,11,13,18H,2,10H2,1H3. The Hall–Kier alpha value is -1.88. The van der Waals surface area contributed by atoms with Gasteiger partial charge in [-0.3, -0.25) is 10.1 Å². The van der Waals surface area contributed by atoms with E-state index in [0.717, 1.165) is 23.0 Å². The van der Waals surface area contributed by atoms with Gasteiger partial charge < -0.3 is 5.32 Å². The summed E-state index contributed by atoms with van der Waals surface area (Å²) >= 11 is 3.44. The molecule has 4 nitrogen and oxygen atoms in total. The van der Waals surface area contributed by atoms with Gasteiger partial charge in [-0.15, -0.1) is 0 Å². The van der Waals surface area contributed by atoms with Crippen molar-refractivity contribution in [3.63, 3.8) is 0 Å². The lowest BCUT2D eigenvalue weighted by molar-refractivity contribution is -0.384. The highest BCUT2D eigenvalue weighted by Crippen LogP contribution is 2.28. The maximum Gasteiger partial charge on any atom is 0.271 e. The molecule has 0 heterocycles. The van der Waals surface area contributed by atoms with E-state index in [4.69, 9.17) is 0 Å². The van der Waals surface area contributed by atoms with Crippen molar-refractivity contribution < 1.29 is 4.92 Å². The Morgan fingerprint density at radius 3 is 2.57 bits per heavy atom. The Bertz CT molecular complexity index is 617. The number of benzene rings is 2. The van der Waals surface area contributed by atoms with Gasteiger partial charge in [-0.25, -0.2) is 0 Å². The van der Waals surface area contributed by atoms with Gasteiger partial charge in [0, 0.05) is 22.6 Å². The minimum atomic E-state index is -0.379. The molecule has 2 aromatic carbocycles. The number of rotatable bonds is 6. The molecule has 0 amide bonds. The number of non-ortho nitro benzene ring substituents is 1. The lowest BCUT2D eigenvalue weighted by Gasteiger charge is -2.19. The Labute approximate surface area is 132 Å². The number of nitro benzene ring substituents is 1. The van der Waals surface area contributed by atoms with Crippen molar-refractivity contribution in [1.82, 2.24) is 0 Å². The second-order valence-corrected chi connectivity index (χ2v) is 5.71. The summed E-state index contributed by atoms with van der Waals surface area (Å²) < 4.78 is 0.833. The van der Waals surface area contributed by atoms with Gasteiger partial charge in [-0.2, -0.15) is 0 Å². The maximum atomic E-state index is 10.9. The van der Waals surface area contributed by atoms with Crippen LogP contribution in [0.4, 0.5) is 11.4 Å². The van der Waals surface area contributed by atoms with E-state index in [1.54, 1.807) is 12.1 Å². The molecule has 0 aliphatic heterocycles. The lowest BCUT2D eigenvalue weighted by Crippen LogP contribution is -2.21. The number of hydrogen-bond acceptors (Lipinski definition) is 3. The van der Waals surface area contributed by atoms with E-state index in [9.17, 15) is 10.1 Å². The Kier molecular flexibility index (Phi) is 5.33. The van der Waals surface area contributed by atoms with Crippen molar-refractivity contribution in [2.45, 2.75) is 25.8 Å². The van der Waals surface area contributed by atoms with Crippen LogP contribution in [-0.2, 0) is 6.42 Å². The summed E-state index contributed by atoms with van der Waals surface area (Å²) in [5, 5.41) is 14.3. The normalized spacial score (nSPS) is 11.9. The SMILES string of the molecule is CCC(Cc1ccccc1)Nc1cc([N+](=O)[O-])ccc1Br. The minimum Gasteiger partial charge on any atom is -0.381 e. The van der Waals surface area contributed by atoms with Crippen LogP contribution in [0.25, 0.3) is 0 Å². The van der Waals surface area contributed by atoms with Gasteiger partial charge in [-0.05, 0) is 40.4 Å². The number of anilines is 1. The quantitative estimate of drug-likeness (QED) is 0.603. The molecule has 21 heavy (non-hydrogen) atoms. The molecule has 1 N–H and O–H groups in total. The molecule has 2 aromatic rings. The zero-order chi connectivity index (χ0) is 15.2. The molecule has 0 saturated heterocycles. The molecule has 0 aliphatic rings. The molecule has 5 heteroatoms. The number of nitrogens with zero attached hydrogens (tertiary/aromatic N) is 1. The molecule has 0 aromatic heterocycles. The zero-order valence-electron chi connectivity index (χ0n) is 11.8. The first-order valence-electron chi connectivity index (χ1n) is 6.84. The summed E-state index contributed by atoms with van der Waals surface area (Å²) in [6.45, 7) is 2.10. The van der Waals surface area contributed by atoms with Crippen LogP contribution >= 0.6 is 15.9 Å². The second kappa shape index (κ2) is 7.22. The van der Waals surface area contributed by atoms with E-state index < -0.39 is 0 Å². The summed E-state index contributed by atoms with van der Waals surface area (Å²) in [6, 6.07) is 15.2. The van der Waals surface area contributed by atoms with Gasteiger partial charge in [0.2, 0.25) is 0 Å². The number of nitrogens with one attached hydrogen (secondary N) is 1. The summed E-state index contributed by atoms with van der Waals surface area (Å²) in [5.41, 5.74) is 2.10. The molecular weight excluding hydrogens is 332 g/mol. The summed E-state index contributed by atoms with van der Waals surface area (Å²) in [4.78, 5) is 10.5. The van der Waals surface area contributed by atoms with Crippen LogP contribution in [0.15, 0.2) is 53.0 Å². The predicted molar refractivity (Wildman–Crippen MR) is 88.6 cm³/mol. The van der Waals surface area contributed by atoms with Gasteiger partial charge in [-0.1, -0.05) is 37.3 Å². The third kappa shape index (κ3) is 4.29. The largest absolute Gasteiger partial charge is 0.381 e. The van der Waals surface area contributed by atoms with Crippen LogP contribution in [0.5, 0.6) is 0 Å². The summed E-state index contributed by atoms with van der Waals surface area (Å²) in [7, 11) is 0. The number of halogens is 1. The molecule has 1 unspecified atom stereocenters. The molecule has 110 valence electrons. The van der Waals surface area contributed by atoms with Crippen molar-refractivity contribution >= 4 is 27.3 Å². The van der Waals surface area contributed by atoms with Gasteiger partial charge >= 0.3 is 0 Å². The number of nitro groups is 1. The van der Waals surface area contributed by atoms with Crippen LogP contribution in [0.3, 0.4) is 0 Å². The topological polar surface area (TPSA) is 55.2 Å². The third-order valence-electron chi connectivity index (χ3n) is 3.34. The molecule has 0 radical (unpaired) electrons. The number of hydrogen-bond donors (Lipinski definition) is 1. The molecular formula is C16H17BrN2O2. The molecule has 0 spiro atoms. The van der Waals surface area contributed by atoms with Crippen molar-refractivity contribution in [2.24, 2.45) is 0 Å². The predicted octanol–water partition coefficient (Wildman–Crippen LogP) is 4.79. The summed E-state index contributed by atoms with van der Waals surface area (Å²) in [6.07, 6.45) is 1.82. The van der Waals surface area contributed by atoms with E-state index in [1.165, 1.54) is 11.6 Å². The molecule has 0 aliphatic carbocycles. The first-order chi connectivity index (χ1) is 10.1. The van der Waals surface area contributed by atoms with E-state index in [1.807, 2.05) is 18.2 Å². The van der Waals surface area contributed by atoms with Gasteiger partial charge in [0.05, 0.1) is 10.6 Å². The van der Waals surface area contributed by atoms with Crippen LogP contribution in [0.1, 0.15) is 18.9 Å². The smallest absolute Gasteiger partial charge is 0.271 e. The molecule has 1 atom stereocenters. The van der Waals surface area contributed by atoms with E-state index in [-0.39, 0.29) is 16.7 Å². The van der Waals surface area contributed by atoms with E-state index in [2.05, 4.69) is 40.3 Å². The van der Waals surface area contributed by atoms with Crippen LogP contribution < -0.4 is 5.32 Å². The van der Waals surface area contributed by atoms with E-state index >= 15 is 0 Å². The van der Waals surface area contributed by atoms with Crippen molar-refractivity contribution in [3.8, 4) is 0 Å². The minimum absolute atomic E-state index is 0.0928. The molecule has 0 saturated carbocycles. The highest BCUT2D eigenvalue weighted by molar-refractivity contribution is 9.10. The van der Waals surface area contributed by atoms with E-state index in [0.29, 0.717) is 0 Å². The zero-order valence-corrected chi connectivity index (χ0v) is 13.3. The molecule has 0 fully saturated rings. The molecule has 2 rings (SSSR count). The monoisotopic (exact) mass is 348 g/mol. The summed E-state index contributed by atoms with van der Waals surface area (Å²) in [5.74, 6) is 0. The molecule has 0 bridgehead atoms. The van der Waals surface area contributed by atoms with Gasteiger partial charge in [0.25, 0.3) is 5.69 Å². The highest BCUT2D eigenvalue weighted by atomic mass is 79.9. The van der Waals surface area contributed by atoms with Crippen LogP contribution in [0.2, 0.25) is 0 Å². The van der Waals surface area contributed by atoms with Crippen molar-refractivity contribution in [1.29, 1.82) is 0 Å². The van der Waals surface area contributed by atoms with Gasteiger partial charge in [0.1, 0.15) is 0 Å². The lowest BCUT2D eigenvalue weighted by atomic mass is 10.0. The Morgan fingerprint density at radius 2 is 1.95 bits per heavy atom. The second-order valence-electron chi connectivity index (χ2n) is 4.86. The third-order valence-corrected chi connectivity index (χ3v) is 4.03. The average molecular weight is 349 g/mol. The van der Waals surface area contributed by atoms with Crippen molar-refractivity contribution in [2.75, 3.05) is 5.32 Å². The average Bonchev–Trinajstić information content (AvgIpc) is 2.49. The maximum absolute atomic E-state index is 10.9. The fourth-order valence-corrected chi connectivity index (χ4v) is 2.51.